The van der Waals surface area contributed by atoms with E-state index in [9.17, 15) is 0 Å². The second-order valence-electron chi connectivity index (χ2n) is 4.96. The highest BCUT2D eigenvalue weighted by Gasteiger charge is 2.11. The molecule has 3 rings (SSSR count). The van der Waals surface area contributed by atoms with Crippen molar-refractivity contribution in [3.63, 3.8) is 0 Å². The maximum Gasteiger partial charge on any atom is 0.227 e. The number of fused-ring (bicyclic) bond motifs is 1. The van der Waals surface area contributed by atoms with Gasteiger partial charge in [-0.05, 0) is 43.7 Å². The van der Waals surface area contributed by atoms with Crippen LogP contribution in [0, 0.1) is 18.3 Å². The lowest BCUT2D eigenvalue weighted by Gasteiger charge is -2.00. The summed E-state index contributed by atoms with van der Waals surface area (Å²) >= 11 is 0. The number of oxazole rings is 1. The van der Waals surface area contributed by atoms with Crippen LogP contribution >= 0.6 is 0 Å². The Morgan fingerprint density at radius 2 is 1.90 bits per heavy atom. The molecule has 0 amide bonds. The van der Waals surface area contributed by atoms with Crippen molar-refractivity contribution in [2.45, 2.75) is 19.8 Å². The van der Waals surface area contributed by atoms with Gasteiger partial charge in [-0.1, -0.05) is 23.8 Å². The van der Waals surface area contributed by atoms with Gasteiger partial charge in [-0.3, -0.25) is 0 Å². The van der Waals surface area contributed by atoms with Crippen molar-refractivity contribution < 1.29 is 4.42 Å². The lowest BCUT2D eigenvalue weighted by molar-refractivity contribution is 0.619. The van der Waals surface area contributed by atoms with Gasteiger partial charge in [-0.2, -0.15) is 5.26 Å². The molecule has 0 radical (unpaired) electrons. The fourth-order valence-corrected chi connectivity index (χ4v) is 2.11. The summed E-state index contributed by atoms with van der Waals surface area (Å²) in [6.45, 7) is 3.92. The van der Waals surface area contributed by atoms with Crippen LogP contribution in [0.4, 0.5) is 0 Å². The van der Waals surface area contributed by atoms with Gasteiger partial charge in [0.1, 0.15) is 5.52 Å². The molecular formula is C17H14N2O. The van der Waals surface area contributed by atoms with Crippen molar-refractivity contribution in [2.24, 2.45) is 0 Å². The highest BCUT2D eigenvalue weighted by atomic mass is 16.3. The van der Waals surface area contributed by atoms with Crippen molar-refractivity contribution in [3.05, 3.63) is 53.6 Å². The average molecular weight is 262 g/mol. The fourth-order valence-electron chi connectivity index (χ4n) is 2.11. The van der Waals surface area contributed by atoms with Crippen molar-refractivity contribution >= 4 is 11.1 Å². The molecule has 0 saturated heterocycles. The van der Waals surface area contributed by atoms with Crippen LogP contribution in [0.2, 0.25) is 0 Å². The summed E-state index contributed by atoms with van der Waals surface area (Å²) in [6, 6.07) is 16.0. The molecule has 0 spiro atoms. The average Bonchev–Trinajstić information content (AvgIpc) is 2.90. The molecule has 3 aromatic rings. The summed E-state index contributed by atoms with van der Waals surface area (Å²) in [5.74, 6) is 0.473. The molecule has 1 heterocycles. The summed E-state index contributed by atoms with van der Waals surface area (Å²) in [5, 5.41) is 8.98. The Morgan fingerprint density at radius 3 is 2.60 bits per heavy atom. The van der Waals surface area contributed by atoms with Crippen molar-refractivity contribution in [1.29, 1.82) is 5.26 Å². The highest BCUT2D eigenvalue weighted by Crippen LogP contribution is 2.26. The van der Waals surface area contributed by atoms with Gasteiger partial charge in [0.15, 0.2) is 5.58 Å². The van der Waals surface area contributed by atoms with E-state index in [1.165, 1.54) is 5.56 Å². The van der Waals surface area contributed by atoms with Gasteiger partial charge in [0.05, 0.1) is 12.0 Å². The predicted molar refractivity (Wildman–Crippen MR) is 78.2 cm³/mol. The van der Waals surface area contributed by atoms with Gasteiger partial charge < -0.3 is 4.42 Å². The molecule has 0 aliphatic heterocycles. The largest absolute Gasteiger partial charge is 0.436 e. The van der Waals surface area contributed by atoms with Gasteiger partial charge in [0.25, 0.3) is 0 Å². The number of aromatic nitrogens is 1. The third kappa shape index (κ3) is 2.17. The second kappa shape index (κ2) is 4.82. The number of nitrogens with zero attached hydrogens (tertiary/aromatic N) is 2. The van der Waals surface area contributed by atoms with E-state index in [1.807, 2.05) is 56.3 Å². The first kappa shape index (κ1) is 12.4. The molecule has 0 unspecified atom stereocenters. The van der Waals surface area contributed by atoms with Gasteiger partial charge in [-0.25, -0.2) is 4.98 Å². The predicted octanol–water partition coefficient (Wildman–Crippen LogP) is 4.43. The van der Waals surface area contributed by atoms with E-state index < -0.39 is 0 Å². The molecule has 0 aliphatic rings. The van der Waals surface area contributed by atoms with Gasteiger partial charge in [0.2, 0.25) is 5.89 Å². The lowest BCUT2D eigenvalue weighted by Crippen LogP contribution is -1.88. The minimum atomic E-state index is -0.140. The SMILES string of the molecule is Cc1ccc(-c2nc3cc([C@@H](C)C#N)ccc3o2)cc1. The van der Waals surface area contributed by atoms with Crippen molar-refractivity contribution in [2.75, 3.05) is 0 Å². The molecule has 0 aliphatic carbocycles. The number of rotatable bonds is 2. The minimum Gasteiger partial charge on any atom is -0.436 e. The van der Waals surface area contributed by atoms with E-state index >= 15 is 0 Å². The molecule has 0 saturated carbocycles. The van der Waals surface area contributed by atoms with E-state index in [0.29, 0.717) is 5.89 Å². The van der Waals surface area contributed by atoms with E-state index in [4.69, 9.17) is 9.68 Å². The van der Waals surface area contributed by atoms with Gasteiger partial charge in [-0.15, -0.1) is 0 Å². The molecule has 1 atom stereocenters. The number of nitriles is 1. The molecule has 2 aromatic carbocycles. The molecule has 3 nitrogen and oxygen atoms in total. The maximum atomic E-state index is 8.98. The Balaban J connectivity index is 2.07. The molecule has 20 heavy (non-hydrogen) atoms. The molecule has 0 N–H and O–H groups in total. The van der Waals surface area contributed by atoms with Gasteiger partial charge in [0, 0.05) is 5.56 Å². The van der Waals surface area contributed by atoms with Crippen LogP contribution in [-0.4, -0.2) is 4.98 Å². The van der Waals surface area contributed by atoms with Crippen LogP contribution in [-0.2, 0) is 0 Å². The number of hydrogen-bond acceptors (Lipinski definition) is 3. The van der Waals surface area contributed by atoms with E-state index in [1.54, 1.807) is 0 Å². The van der Waals surface area contributed by atoms with Crippen LogP contribution in [0.25, 0.3) is 22.6 Å². The Hall–Kier alpha value is -2.60. The lowest BCUT2D eigenvalue weighted by atomic mass is 10.0. The second-order valence-corrected chi connectivity index (χ2v) is 4.96. The molecule has 0 bridgehead atoms. The quantitative estimate of drug-likeness (QED) is 0.686. The van der Waals surface area contributed by atoms with E-state index in [-0.39, 0.29) is 5.92 Å². The van der Waals surface area contributed by atoms with Crippen LogP contribution < -0.4 is 0 Å². The summed E-state index contributed by atoms with van der Waals surface area (Å²) in [4.78, 5) is 4.51. The van der Waals surface area contributed by atoms with Crippen LogP contribution in [0.1, 0.15) is 24.0 Å². The minimum absolute atomic E-state index is 0.140. The van der Waals surface area contributed by atoms with Crippen LogP contribution in [0.15, 0.2) is 46.9 Å². The third-order valence-electron chi connectivity index (χ3n) is 3.40. The van der Waals surface area contributed by atoms with E-state index in [2.05, 4.69) is 11.1 Å². The van der Waals surface area contributed by atoms with Gasteiger partial charge >= 0.3 is 0 Å². The number of aryl methyl sites for hydroxylation is 1. The Morgan fingerprint density at radius 1 is 1.15 bits per heavy atom. The zero-order valence-corrected chi connectivity index (χ0v) is 11.4. The summed E-state index contributed by atoms with van der Waals surface area (Å²) in [7, 11) is 0. The Kier molecular flexibility index (Phi) is 3.00. The third-order valence-corrected chi connectivity index (χ3v) is 3.40. The summed E-state index contributed by atoms with van der Waals surface area (Å²) < 4.78 is 5.77. The summed E-state index contributed by atoms with van der Waals surface area (Å²) in [6.07, 6.45) is 0. The van der Waals surface area contributed by atoms with Crippen LogP contribution in [0.3, 0.4) is 0 Å². The number of hydrogen-bond donors (Lipinski definition) is 0. The first-order valence-corrected chi connectivity index (χ1v) is 6.54. The standard InChI is InChI=1S/C17H14N2O/c1-11-3-5-13(6-4-11)17-19-15-9-14(12(2)10-18)7-8-16(15)20-17/h3-9,12H,1-2H3/t12-/m0/s1. The maximum absolute atomic E-state index is 8.98. The van der Waals surface area contributed by atoms with Crippen LogP contribution in [0.5, 0.6) is 0 Å². The zero-order chi connectivity index (χ0) is 14.1. The fraction of sp³-hybridized carbons (Fsp3) is 0.176. The molecule has 1 aromatic heterocycles. The first-order chi connectivity index (χ1) is 9.67. The molecule has 0 fully saturated rings. The Labute approximate surface area is 117 Å². The smallest absolute Gasteiger partial charge is 0.227 e. The highest BCUT2D eigenvalue weighted by molar-refractivity contribution is 5.77. The Bertz CT molecular complexity index is 794. The summed E-state index contributed by atoms with van der Waals surface area (Å²) in [5.41, 5.74) is 4.66. The first-order valence-electron chi connectivity index (χ1n) is 6.54. The molecule has 3 heteroatoms. The van der Waals surface area contributed by atoms with E-state index in [0.717, 1.165) is 22.2 Å². The normalized spacial score (nSPS) is 12.2. The monoisotopic (exact) mass is 262 g/mol. The molecular weight excluding hydrogens is 248 g/mol. The topological polar surface area (TPSA) is 49.8 Å². The van der Waals surface area contributed by atoms with Crippen molar-refractivity contribution in [3.8, 4) is 17.5 Å². The number of benzene rings is 2. The van der Waals surface area contributed by atoms with Crippen molar-refractivity contribution in [1.82, 2.24) is 4.98 Å². The zero-order valence-electron chi connectivity index (χ0n) is 11.4. The molecule has 98 valence electrons.